The summed E-state index contributed by atoms with van der Waals surface area (Å²) < 4.78 is 26.3. The standard InChI is InChI=1S/C13H15NO6S/c15-11-2-1-8(4-9(11)13(17)18)21(19,20)14-5-7-3-12(16)10(7)6-14/h1-2,4,7,10,12,15-16H,3,5-6H2,(H,17,18)/t7-,10+,12-/m1/s1. The molecular formula is C13H15NO6S. The van der Waals surface area contributed by atoms with Gasteiger partial charge < -0.3 is 15.3 Å². The van der Waals surface area contributed by atoms with Crippen molar-refractivity contribution in [2.24, 2.45) is 11.8 Å². The van der Waals surface area contributed by atoms with Crippen molar-refractivity contribution < 1.29 is 28.5 Å². The fourth-order valence-corrected chi connectivity index (χ4v) is 4.58. The maximum atomic E-state index is 12.5. The Morgan fingerprint density at radius 2 is 2.00 bits per heavy atom. The Bertz CT molecular complexity index is 701. The van der Waals surface area contributed by atoms with Crippen LogP contribution >= 0.6 is 0 Å². The fraction of sp³-hybridized carbons (Fsp3) is 0.462. The second kappa shape index (κ2) is 4.69. The highest BCUT2D eigenvalue weighted by Gasteiger charge is 2.49. The van der Waals surface area contributed by atoms with E-state index in [0.717, 1.165) is 12.1 Å². The maximum absolute atomic E-state index is 12.5. The molecule has 0 bridgehead atoms. The molecule has 1 aromatic carbocycles. The number of carboxylic acid groups (broad SMARTS) is 1. The molecule has 1 aliphatic carbocycles. The number of benzene rings is 1. The van der Waals surface area contributed by atoms with E-state index in [1.165, 1.54) is 10.4 Å². The Labute approximate surface area is 121 Å². The van der Waals surface area contributed by atoms with Crippen LogP contribution in [0, 0.1) is 11.8 Å². The number of aliphatic hydroxyl groups is 1. The average molecular weight is 313 g/mol. The number of carbonyl (C=O) groups is 1. The Morgan fingerprint density at radius 3 is 2.57 bits per heavy atom. The predicted molar refractivity (Wildman–Crippen MR) is 71.4 cm³/mol. The molecule has 2 fully saturated rings. The first kappa shape index (κ1) is 14.3. The van der Waals surface area contributed by atoms with E-state index >= 15 is 0 Å². The first-order valence-electron chi connectivity index (χ1n) is 6.55. The van der Waals surface area contributed by atoms with Crippen LogP contribution in [-0.4, -0.2) is 53.2 Å². The van der Waals surface area contributed by atoms with Crippen LogP contribution in [0.2, 0.25) is 0 Å². The summed E-state index contributed by atoms with van der Waals surface area (Å²) in [5.74, 6) is -1.72. The van der Waals surface area contributed by atoms with Crippen molar-refractivity contribution in [1.29, 1.82) is 0 Å². The van der Waals surface area contributed by atoms with Gasteiger partial charge in [0, 0.05) is 19.0 Å². The zero-order chi connectivity index (χ0) is 15.4. The van der Waals surface area contributed by atoms with E-state index in [1.807, 2.05) is 0 Å². The molecule has 0 amide bonds. The van der Waals surface area contributed by atoms with Gasteiger partial charge in [0.2, 0.25) is 10.0 Å². The van der Waals surface area contributed by atoms with Crippen molar-refractivity contribution in [2.75, 3.05) is 13.1 Å². The number of hydrogen-bond donors (Lipinski definition) is 3. The lowest BCUT2D eigenvalue weighted by Gasteiger charge is -2.34. The minimum atomic E-state index is -3.81. The third-order valence-electron chi connectivity index (χ3n) is 4.33. The van der Waals surface area contributed by atoms with Gasteiger partial charge in [0.05, 0.1) is 11.0 Å². The van der Waals surface area contributed by atoms with E-state index in [2.05, 4.69) is 0 Å². The van der Waals surface area contributed by atoms with E-state index < -0.39 is 33.4 Å². The van der Waals surface area contributed by atoms with E-state index in [9.17, 15) is 23.4 Å². The lowest BCUT2D eigenvalue weighted by Crippen LogP contribution is -2.39. The van der Waals surface area contributed by atoms with E-state index in [-0.39, 0.29) is 23.3 Å². The zero-order valence-corrected chi connectivity index (χ0v) is 11.8. The van der Waals surface area contributed by atoms with Crippen molar-refractivity contribution in [2.45, 2.75) is 17.4 Å². The number of carboxylic acids is 1. The summed E-state index contributed by atoms with van der Waals surface area (Å²) >= 11 is 0. The molecule has 3 rings (SSSR count). The van der Waals surface area contributed by atoms with Gasteiger partial charge in [0.25, 0.3) is 0 Å². The molecular weight excluding hydrogens is 298 g/mol. The first-order valence-corrected chi connectivity index (χ1v) is 7.99. The molecule has 1 aliphatic heterocycles. The summed E-state index contributed by atoms with van der Waals surface area (Å²) in [5, 5.41) is 28.0. The Hall–Kier alpha value is -1.64. The van der Waals surface area contributed by atoms with Gasteiger partial charge in [-0.1, -0.05) is 0 Å². The molecule has 7 nitrogen and oxygen atoms in total. The molecule has 114 valence electrons. The highest BCUT2D eigenvalue weighted by Crippen LogP contribution is 2.42. The summed E-state index contributed by atoms with van der Waals surface area (Å²) in [6.07, 6.45) is 0.150. The summed E-state index contributed by atoms with van der Waals surface area (Å²) in [6.45, 7) is 0.588. The number of nitrogens with zero attached hydrogens (tertiary/aromatic N) is 1. The minimum Gasteiger partial charge on any atom is -0.507 e. The molecule has 1 aromatic rings. The summed E-state index contributed by atoms with van der Waals surface area (Å²) in [6, 6.07) is 3.22. The number of fused-ring (bicyclic) bond motifs is 1. The topological polar surface area (TPSA) is 115 Å². The number of aromatic carboxylic acids is 1. The molecule has 0 aromatic heterocycles. The van der Waals surface area contributed by atoms with Gasteiger partial charge in [-0.05, 0) is 30.5 Å². The van der Waals surface area contributed by atoms with Crippen LogP contribution < -0.4 is 0 Å². The van der Waals surface area contributed by atoms with Gasteiger partial charge >= 0.3 is 5.97 Å². The molecule has 8 heteroatoms. The van der Waals surface area contributed by atoms with Crippen molar-refractivity contribution in [3.8, 4) is 5.75 Å². The van der Waals surface area contributed by atoms with Gasteiger partial charge in [0.1, 0.15) is 11.3 Å². The van der Waals surface area contributed by atoms with Gasteiger partial charge in [-0.25, -0.2) is 13.2 Å². The average Bonchev–Trinajstić information content (AvgIpc) is 2.76. The lowest BCUT2D eigenvalue weighted by molar-refractivity contribution is -0.00416. The van der Waals surface area contributed by atoms with Crippen LogP contribution in [0.1, 0.15) is 16.8 Å². The smallest absolute Gasteiger partial charge is 0.339 e. The van der Waals surface area contributed by atoms with Gasteiger partial charge in [0.15, 0.2) is 0 Å². The molecule has 0 radical (unpaired) electrons. The normalized spacial score (nSPS) is 28.9. The fourth-order valence-electron chi connectivity index (χ4n) is 3.02. The maximum Gasteiger partial charge on any atom is 0.339 e. The number of aromatic hydroxyl groups is 1. The molecule has 21 heavy (non-hydrogen) atoms. The van der Waals surface area contributed by atoms with Gasteiger partial charge in [-0.15, -0.1) is 0 Å². The monoisotopic (exact) mass is 313 g/mol. The molecule has 1 heterocycles. The largest absolute Gasteiger partial charge is 0.507 e. The second-order valence-electron chi connectivity index (χ2n) is 5.53. The van der Waals surface area contributed by atoms with Crippen molar-refractivity contribution in [1.82, 2.24) is 4.31 Å². The van der Waals surface area contributed by atoms with Crippen LogP contribution in [0.4, 0.5) is 0 Å². The molecule has 3 N–H and O–H groups in total. The van der Waals surface area contributed by atoms with Crippen LogP contribution in [0.5, 0.6) is 5.75 Å². The molecule has 3 atom stereocenters. The van der Waals surface area contributed by atoms with Gasteiger partial charge in [-0.3, -0.25) is 0 Å². The summed E-state index contributed by atoms with van der Waals surface area (Å²) in [7, 11) is -3.81. The molecule has 1 saturated carbocycles. The highest BCUT2D eigenvalue weighted by molar-refractivity contribution is 7.89. The van der Waals surface area contributed by atoms with E-state index in [0.29, 0.717) is 13.0 Å². The van der Waals surface area contributed by atoms with Crippen LogP contribution in [-0.2, 0) is 10.0 Å². The lowest BCUT2D eigenvalue weighted by atomic mass is 9.74. The van der Waals surface area contributed by atoms with E-state index in [4.69, 9.17) is 5.11 Å². The van der Waals surface area contributed by atoms with Crippen LogP contribution in [0.25, 0.3) is 0 Å². The number of aliphatic hydroxyl groups excluding tert-OH is 1. The third-order valence-corrected chi connectivity index (χ3v) is 6.16. The number of phenols is 1. The van der Waals surface area contributed by atoms with Crippen LogP contribution in [0.15, 0.2) is 23.1 Å². The number of rotatable bonds is 3. The Kier molecular flexibility index (Phi) is 3.19. The van der Waals surface area contributed by atoms with Crippen molar-refractivity contribution in [3.63, 3.8) is 0 Å². The van der Waals surface area contributed by atoms with Crippen molar-refractivity contribution in [3.05, 3.63) is 23.8 Å². The Morgan fingerprint density at radius 1 is 1.29 bits per heavy atom. The quantitative estimate of drug-likeness (QED) is 0.728. The molecule has 1 saturated heterocycles. The summed E-state index contributed by atoms with van der Waals surface area (Å²) in [5.41, 5.74) is -0.446. The SMILES string of the molecule is O=C(O)c1cc(S(=O)(=O)N2C[C@H]3C[C@@H](O)[C@H]3C2)ccc1O. The molecule has 0 spiro atoms. The minimum absolute atomic E-state index is 0.0316. The van der Waals surface area contributed by atoms with Crippen molar-refractivity contribution >= 4 is 16.0 Å². The molecule has 0 unspecified atom stereocenters. The first-order chi connectivity index (χ1) is 9.80. The molecule has 2 aliphatic rings. The van der Waals surface area contributed by atoms with E-state index in [1.54, 1.807) is 0 Å². The number of sulfonamides is 1. The summed E-state index contributed by atoms with van der Waals surface area (Å²) in [4.78, 5) is 10.8. The number of hydrogen-bond acceptors (Lipinski definition) is 5. The van der Waals surface area contributed by atoms with Crippen LogP contribution in [0.3, 0.4) is 0 Å². The zero-order valence-electron chi connectivity index (χ0n) is 11.0. The predicted octanol–water partition coefficient (Wildman–Crippen LogP) is 0.0917. The Balaban J connectivity index is 1.92. The highest BCUT2D eigenvalue weighted by atomic mass is 32.2. The van der Waals surface area contributed by atoms with Gasteiger partial charge in [-0.2, -0.15) is 4.31 Å². The third kappa shape index (κ3) is 2.19. The second-order valence-corrected chi connectivity index (χ2v) is 7.47.